The van der Waals surface area contributed by atoms with E-state index in [1.807, 2.05) is 24.6 Å². The molecule has 0 fully saturated rings. The number of hydrogen-bond acceptors (Lipinski definition) is 3. The first-order chi connectivity index (χ1) is 9.60. The summed E-state index contributed by atoms with van der Waals surface area (Å²) in [6, 6.07) is 0.132. The fourth-order valence-electron chi connectivity index (χ4n) is 2.43. The van der Waals surface area contributed by atoms with E-state index in [9.17, 15) is 9.90 Å². The lowest BCUT2D eigenvalue weighted by molar-refractivity contribution is -0.124. The Kier molecular flexibility index (Phi) is 6.71. The van der Waals surface area contributed by atoms with Gasteiger partial charge in [-0.25, -0.2) is 4.98 Å². The van der Waals surface area contributed by atoms with Gasteiger partial charge in [-0.3, -0.25) is 4.79 Å². The Bertz CT molecular complexity index is 378. The molecule has 5 nitrogen and oxygen atoms in total. The van der Waals surface area contributed by atoms with Crippen LogP contribution in [0.15, 0.2) is 18.7 Å². The molecule has 1 unspecified atom stereocenters. The molecule has 5 heteroatoms. The highest BCUT2D eigenvalue weighted by Gasteiger charge is 2.28. The predicted molar refractivity (Wildman–Crippen MR) is 79.3 cm³/mol. The van der Waals surface area contributed by atoms with Crippen molar-refractivity contribution in [2.45, 2.75) is 64.5 Å². The normalized spacial score (nSPS) is 13.2. The zero-order valence-electron chi connectivity index (χ0n) is 12.8. The number of amides is 1. The summed E-state index contributed by atoms with van der Waals surface area (Å²) >= 11 is 0. The van der Waals surface area contributed by atoms with Gasteiger partial charge in [0.15, 0.2) is 0 Å². The highest BCUT2D eigenvalue weighted by molar-refractivity contribution is 5.77. The minimum absolute atomic E-state index is 0.00472. The summed E-state index contributed by atoms with van der Waals surface area (Å²) in [7, 11) is 0. The maximum atomic E-state index is 12.3. The third kappa shape index (κ3) is 4.34. The van der Waals surface area contributed by atoms with Gasteiger partial charge in [-0.15, -0.1) is 0 Å². The number of carbonyl (C=O) groups is 1. The molecule has 0 spiro atoms. The standard InChI is InChI=1S/C15H27N3O2/c1-4-7-13(18-9-8-16-12-18)10-14(20)17-15(5-2,6-3)11-19/h8-9,12-13,19H,4-7,10-11H2,1-3H3,(H,17,20). The van der Waals surface area contributed by atoms with Gasteiger partial charge < -0.3 is 15.0 Å². The smallest absolute Gasteiger partial charge is 0.222 e. The number of nitrogens with zero attached hydrogens (tertiary/aromatic N) is 2. The topological polar surface area (TPSA) is 67.2 Å². The second kappa shape index (κ2) is 8.04. The molecule has 0 radical (unpaired) electrons. The van der Waals surface area contributed by atoms with Gasteiger partial charge in [-0.2, -0.15) is 0 Å². The second-order valence-corrected chi connectivity index (χ2v) is 5.35. The molecule has 0 saturated carbocycles. The minimum Gasteiger partial charge on any atom is -0.394 e. The average Bonchev–Trinajstić information content (AvgIpc) is 2.98. The number of aliphatic hydroxyl groups excluding tert-OH is 1. The van der Waals surface area contributed by atoms with Gasteiger partial charge in [0.1, 0.15) is 0 Å². The molecule has 1 amide bonds. The Balaban J connectivity index is 2.67. The zero-order valence-corrected chi connectivity index (χ0v) is 12.8. The van der Waals surface area contributed by atoms with Crippen molar-refractivity contribution < 1.29 is 9.90 Å². The lowest BCUT2D eigenvalue weighted by Gasteiger charge is -2.31. The van der Waals surface area contributed by atoms with Crippen LogP contribution in [0.2, 0.25) is 0 Å². The molecule has 20 heavy (non-hydrogen) atoms. The van der Waals surface area contributed by atoms with Gasteiger partial charge >= 0.3 is 0 Å². The van der Waals surface area contributed by atoms with Crippen LogP contribution in [0.3, 0.4) is 0 Å². The van der Waals surface area contributed by atoms with Crippen molar-refractivity contribution in [1.82, 2.24) is 14.9 Å². The molecule has 0 bridgehead atoms. The Hall–Kier alpha value is -1.36. The first-order valence-electron chi connectivity index (χ1n) is 7.50. The van der Waals surface area contributed by atoms with Crippen LogP contribution in [0.5, 0.6) is 0 Å². The van der Waals surface area contributed by atoms with E-state index in [1.54, 1.807) is 12.5 Å². The zero-order chi connectivity index (χ0) is 15.0. The van der Waals surface area contributed by atoms with Gasteiger partial charge in [-0.05, 0) is 19.3 Å². The lowest BCUT2D eigenvalue weighted by atomic mass is 9.93. The number of aliphatic hydroxyl groups is 1. The van der Waals surface area contributed by atoms with E-state index < -0.39 is 5.54 Å². The van der Waals surface area contributed by atoms with E-state index >= 15 is 0 Å². The molecule has 1 aromatic rings. The fraction of sp³-hybridized carbons (Fsp3) is 0.733. The third-order valence-corrected chi connectivity index (χ3v) is 4.05. The van der Waals surface area contributed by atoms with Crippen LogP contribution in [0, 0.1) is 0 Å². The van der Waals surface area contributed by atoms with Gasteiger partial charge in [-0.1, -0.05) is 27.2 Å². The highest BCUT2D eigenvalue weighted by Crippen LogP contribution is 2.20. The molecule has 0 aliphatic heterocycles. The molecule has 1 heterocycles. The number of imidazole rings is 1. The largest absolute Gasteiger partial charge is 0.394 e. The average molecular weight is 281 g/mol. The second-order valence-electron chi connectivity index (χ2n) is 5.35. The first kappa shape index (κ1) is 16.7. The molecule has 2 N–H and O–H groups in total. The summed E-state index contributed by atoms with van der Waals surface area (Å²) in [6.45, 7) is 6.06. The predicted octanol–water partition coefficient (Wildman–Crippen LogP) is 2.28. The fourth-order valence-corrected chi connectivity index (χ4v) is 2.43. The monoisotopic (exact) mass is 281 g/mol. The van der Waals surface area contributed by atoms with E-state index in [1.165, 1.54) is 0 Å². The highest BCUT2D eigenvalue weighted by atomic mass is 16.3. The Morgan fingerprint density at radius 3 is 2.55 bits per heavy atom. The number of hydrogen-bond donors (Lipinski definition) is 2. The molecular weight excluding hydrogens is 254 g/mol. The molecule has 0 aromatic carbocycles. The third-order valence-electron chi connectivity index (χ3n) is 4.05. The Labute approximate surface area is 121 Å². The van der Waals surface area contributed by atoms with Crippen LogP contribution in [0.25, 0.3) is 0 Å². The van der Waals surface area contributed by atoms with Gasteiger partial charge in [0.05, 0.1) is 18.5 Å². The summed E-state index contributed by atoms with van der Waals surface area (Å²) in [4.78, 5) is 16.3. The summed E-state index contributed by atoms with van der Waals surface area (Å²) in [6.07, 6.45) is 9.23. The quantitative estimate of drug-likeness (QED) is 0.729. The van der Waals surface area contributed by atoms with E-state index in [0.717, 1.165) is 25.7 Å². The van der Waals surface area contributed by atoms with Crippen molar-refractivity contribution in [2.75, 3.05) is 6.61 Å². The van der Waals surface area contributed by atoms with E-state index in [4.69, 9.17) is 0 Å². The van der Waals surface area contributed by atoms with Crippen molar-refractivity contribution in [3.8, 4) is 0 Å². The van der Waals surface area contributed by atoms with Crippen molar-refractivity contribution in [1.29, 1.82) is 0 Å². The van der Waals surface area contributed by atoms with Crippen LogP contribution >= 0.6 is 0 Å². The van der Waals surface area contributed by atoms with Crippen molar-refractivity contribution in [2.24, 2.45) is 0 Å². The van der Waals surface area contributed by atoms with E-state index in [-0.39, 0.29) is 18.6 Å². The van der Waals surface area contributed by atoms with Crippen LogP contribution in [0.1, 0.15) is 58.9 Å². The maximum absolute atomic E-state index is 12.3. The van der Waals surface area contributed by atoms with Gasteiger partial charge in [0.25, 0.3) is 0 Å². The molecular formula is C15H27N3O2. The Morgan fingerprint density at radius 1 is 1.40 bits per heavy atom. The summed E-state index contributed by atoms with van der Waals surface area (Å²) in [5, 5.41) is 12.5. The van der Waals surface area contributed by atoms with Crippen LogP contribution in [-0.2, 0) is 4.79 Å². The van der Waals surface area contributed by atoms with Gasteiger partial charge in [0.2, 0.25) is 5.91 Å². The molecule has 114 valence electrons. The van der Waals surface area contributed by atoms with Gasteiger partial charge in [0, 0.05) is 24.9 Å². The molecule has 0 saturated heterocycles. The van der Waals surface area contributed by atoms with Crippen molar-refractivity contribution in [3.05, 3.63) is 18.7 Å². The summed E-state index contributed by atoms with van der Waals surface area (Å²) < 4.78 is 1.99. The summed E-state index contributed by atoms with van der Waals surface area (Å²) in [5.74, 6) is -0.00472. The molecule has 1 atom stereocenters. The molecule has 0 aliphatic carbocycles. The first-order valence-corrected chi connectivity index (χ1v) is 7.50. The van der Waals surface area contributed by atoms with Crippen molar-refractivity contribution >= 4 is 5.91 Å². The number of rotatable bonds is 9. The molecule has 0 aliphatic rings. The van der Waals surface area contributed by atoms with Crippen molar-refractivity contribution in [3.63, 3.8) is 0 Å². The van der Waals surface area contributed by atoms with E-state index in [0.29, 0.717) is 6.42 Å². The van der Waals surface area contributed by atoms with Crippen LogP contribution < -0.4 is 5.32 Å². The maximum Gasteiger partial charge on any atom is 0.222 e. The van der Waals surface area contributed by atoms with Crippen LogP contribution in [-0.4, -0.2) is 32.7 Å². The minimum atomic E-state index is -0.483. The SMILES string of the molecule is CCCC(CC(=O)NC(CC)(CC)CO)n1ccnc1. The molecule has 1 aromatic heterocycles. The lowest BCUT2D eigenvalue weighted by Crippen LogP contribution is -2.50. The number of nitrogens with one attached hydrogen (secondary N) is 1. The van der Waals surface area contributed by atoms with E-state index in [2.05, 4.69) is 17.2 Å². The number of carbonyl (C=O) groups excluding carboxylic acids is 1. The summed E-state index contributed by atoms with van der Waals surface area (Å²) in [5.41, 5.74) is -0.483. The molecule has 1 rings (SSSR count). The Morgan fingerprint density at radius 2 is 2.10 bits per heavy atom. The van der Waals surface area contributed by atoms with Crippen LogP contribution in [0.4, 0.5) is 0 Å². The number of aromatic nitrogens is 2.